The number of halogens is 3. The monoisotopic (exact) mass is 407 g/mol. The summed E-state index contributed by atoms with van der Waals surface area (Å²) < 4.78 is 6.46. The molecule has 1 aromatic heterocycles. The van der Waals surface area contributed by atoms with Crippen LogP contribution in [0.3, 0.4) is 0 Å². The van der Waals surface area contributed by atoms with Crippen LogP contribution in [-0.2, 0) is 9.53 Å². The second kappa shape index (κ2) is 7.49. The lowest BCUT2D eigenvalue weighted by atomic mass is 10.2. The quantitative estimate of drug-likeness (QED) is 0.660. The third-order valence-electron chi connectivity index (χ3n) is 2.64. The standard InChI is InChI=1S/C14H12BrCl2NO2S/c1-2-20-14(19)12(11-7-8(15)13(17)21-11)18-10-6-4-3-5-9(10)16/h3-7,12,18H,2H2,1H3. The molecule has 2 aromatic rings. The molecular weight excluding hydrogens is 397 g/mol. The number of ether oxygens (including phenoxy) is 1. The third kappa shape index (κ3) is 4.13. The predicted molar refractivity (Wildman–Crippen MR) is 91.5 cm³/mol. The highest BCUT2D eigenvalue weighted by Gasteiger charge is 2.25. The highest BCUT2D eigenvalue weighted by molar-refractivity contribution is 9.10. The summed E-state index contributed by atoms with van der Waals surface area (Å²) in [6.07, 6.45) is 0. The molecule has 3 nitrogen and oxygen atoms in total. The fraction of sp³-hybridized carbons (Fsp3) is 0.214. The van der Waals surface area contributed by atoms with Gasteiger partial charge in [-0.3, -0.25) is 0 Å². The fourth-order valence-electron chi connectivity index (χ4n) is 1.71. The van der Waals surface area contributed by atoms with Gasteiger partial charge in [0, 0.05) is 9.35 Å². The summed E-state index contributed by atoms with van der Waals surface area (Å²) in [5, 5.41) is 3.65. The Morgan fingerprint density at radius 2 is 2.14 bits per heavy atom. The van der Waals surface area contributed by atoms with Crippen molar-refractivity contribution in [3.8, 4) is 0 Å². The Morgan fingerprint density at radius 1 is 1.43 bits per heavy atom. The van der Waals surface area contributed by atoms with E-state index in [2.05, 4.69) is 21.2 Å². The summed E-state index contributed by atoms with van der Waals surface area (Å²) in [6, 6.07) is 8.37. The van der Waals surface area contributed by atoms with Gasteiger partial charge in [0.1, 0.15) is 4.34 Å². The second-order valence-corrected chi connectivity index (χ2v) is 7.03. The number of carbonyl (C=O) groups excluding carboxylic acids is 1. The molecule has 0 fully saturated rings. The first kappa shape index (κ1) is 16.6. The van der Waals surface area contributed by atoms with Crippen molar-refractivity contribution in [1.82, 2.24) is 0 Å². The third-order valence-corrected chi connectivity index (χ3v) is 5.51. The minimum atomic E-state index is -0.654. The lowest BCUT2D eigenvalue weighted by Gasteiger charge is -2.18. The molecule has 0 amide bonds. The maximum absolute atomic E-state index is 12.2. The number of carbonyl (C=O) groups is 1. The fourth-order valence-corrected chi connectivity index (χ4v) is 3.68. The van der Waals surface area contributed by atoms with Gasteiger partial charge >= 0.3 is 5.97 Å². The Labute approximate surface area is 145 Å². The minimum absolute atomic E-state index is 0.305. The summed E-state index contributed by atoms with van der Waals surface area (Å²) in [7, 11) is 0. The number of hydrogen-bond donors (Lipinski definition) is 1. The van der Waals surface area contributed by atoms with Gasteiger partial charge in [0.05, 0.1) is 17.3 Å². The molecule has 0 spiro atoms. The number of thiophene rings is 1. The SMILES string of the molecule is CCOC(=O)C(Nc1ccccc1Cl)c1cc(Br)c(Cl)s1. The molecule has 7 heteroatoms. The van der Waals surface area contributed by atoms with Crippen molar-refractivity contribution in [2.75, 3.05) is 11.9 Å². The molecule has 0 aliphatic carbocycles. The highest BCUT2D eigenvalue weighted by atomic mass is 79.9. The molecule has 1 N–H and O–H groups in total. The first-order chi connectivity index (χ1) is 10.0. The van der Waals surface area contributed by atoms with Gasteiger partial charge in [0.25, 0.3) is 0 Å². The Balaban J connectivity index is 2.32. The molecule has 0 radical (unpaired) electrons. The zero-order valence-electron chi connectivity index (χ0n) is 11.0. The van der Waals surface area contributed by atoms with E-state index in [9.17, 15) is 4.79 Å². The summed E-state index contributed by atoms with van der Waals surface area (Å²) >= 11 is 16.8. The van der Waals surface area contributed by atoms with Crippen LogP contribution in [0.5, 0.6) is 0 Å². The van der Waals surface area contributed by atoms with Crippen LogP contribution >= 0.6 is 50.5 Å². The lowest BCUT2D eigenvalue weighted by Crippen LogP contribution is -2.22. The van der Waals surface area contributed by atoms with Crippen LogP contribution in [0.25, 0.3) is 0 Å². The van der Waals surface area contributed by atoms with Gasteiger partial charge in [0.2, 0.25) is 0 Å². The molecule has 112 valence electrons. The summed E-state index contributed by atoms with van der Waals surface area (Å²) in [6.45, 7) is 2.07. The first-order valence-corrected chi connectivity index (χ1v) is 8.52. The summed E-state index contributed by atoms with van der Waals surface area (Å²) in [5.41, 5.74) is 0.665. The molecule has 21 heavy (non-hydrogen) atoms. The zero-order valence-corrected chi connectivity index (χ0v) is 14.9. The van der Waals surface area contributed by atoms with Crippen LogP contribution in [0.2, 0.25) is 9.36 Å². The Bertz CT molecular complexity index is 628. The number of para-hydroxylation sites is 1. The van der Waals surface area contributed by atoms with Crippen LogP contribution in [0.4, 0.5) is 5.69 Å². The molecule has 0 aliphatic rings. The molecule has 0 bridgehead atoms. The topological polar surface area (TPSA) is 38.3 Å². The number of nitrogens with one attached hydrogen (secondary N) is 1. The van der Waals surface area contributed by atoms with E-state index in [1.807, 2.05) is 12.1 Å². The Hall–Kier alpha value is -0.750. The summed E-state index contributed by atoms with van der Waals surface area (Å²) in [5.74, 6) is -0.372. The maximum Gasteiger partial charge on any atom is 0.334 e. The summed E-state index contributed by atoms with van der Waals surface area (Å²) in [4.78, 5) is 13.0. The average molecular weight is 409 g/mol. The normalized spacial score (nSPS) is 12.0. The molecule has 0 saturated carbocycles. The van der Waals surface area contributed by atoms with Crippen LogP contribution < -0.4 is 5.32 Å². The van der Waals surface area contributed by atoms with Crippen molar-refractivity contribution < 1.29 is 9.53 Å². The number of benzene rings is 1. The number of anilines is 1. The van der Waals surface area contributed by atoms with Gasteiger partial charge in [-0.25, -0.2) is 4.79 Å². The molecule has 1 atom stereocenters. The molecule has 1 aromatic carbocycles. The van der Waals surface area contributed by atoms with E-state index < -0.39 is 6.04 Å². The smallest absolute Gasteiger partial charge is 0.334 e. The molecule has 1 unspecified atom stereocenters. The number of rotatable bonds is 5. The largest absolute Gasteiger partial charge is 0.464 e. The van der Waals surface area contributed by atoms with Crippen molar-refractivity contribution in [1.29, 1.82) is 0 Å². The lowest BCUT2D eigenvalue weighted by molar-refractivity contribution is -0.144. The van der Waals surface area contributed by atoms with Gasteiger partial charge in [0.15, 0.2) is 6.04 Å². The van der Waals surface area contributed by atoms with E-state index in [0.29, 0.717) is 21.7 Å². The van der Waals surface area contributed by atoms with Crippen LogP contribution in [0, 0.1) is 0 Å². The van der Waals surface area contributed by atoms with E-state index in [1.165, 1.54) is 11.3 Å². The van der Waals surface area contributed by atoms with Crippen molar-refractivity contribution >= 4 is 62.1 Å². The predicted octanol–water partition coefficient (Wildman–Crippen LogP) is 5.53. The minimum Gasteiger partial charge on any atom is -0.464 e. The van der Waals surface area contributed by atoms with Gasteiger partial charge in [-0.15, -0.1) is 11.3 Å². The van der Waals surface area contributed by atoms with E-state index in [4.69, 9.17) is 27.9 Å². The molecule has 0 saturated heterocycles. The van der Waals surface area contributed by atoms with Gasteiger partial charge in [-0.05, 0) is 41.1 Å². The van der Waals surface area contributed by atoms with E-state index in [-0.39, 0.29) is 5.97 Å². The van der Waals surface area contributed by atoms with Crippen LogP contribution in [0.15, 0.2) is 34.8 Å². The highest BCUT2D eigenvalue weighted by Crippen LogP contribution is 2.37. The zero-order chi connectivity index (χ0) is 15.4. The molecule has 1 heterocycles. The average Bonchev–Trinajstić information content (AvgIpc) is 2.77. The maximum atomic E-state index is 12.2. The van der Waals surface area contributed by atoms with Gasteiger partial charge in [-0.2, -0.15) is 0 Å². The first-order valence-electron chi connectivity index (χ1n) is 6.15. The van der Waals surface area contributed by atoms with Crippen molar-refractivity contribution in [2.45, 2.75) is 13.0 Å². The van der Waals surface area contributed by atoms with Gasteiger partial charge in [-0.1, -0.05) is 35.3 Å². The Morgan fingerprint density at radius 3 is 2.71 bits per heavy atom. The molecular formula is C14H12BrCl2NO2S. The Kier molecular flexibility index (Phi) is 5.93. The van der Waals surface area contributed by atoms with Crippen molar-refractivity contribution in [2.24, 2.45) is 0 Å². The number of esters is 1. The van der Waals surface area contributed by atoms with E-state index in [0.717, 1.165) is 9.35 Å². The van der Waals surface area contributed by atoms with E-state index in [1.54, 1.807) is 25.1 Å². The molecule has 0 aliphatic heterocycles. The van der Waals surface area contributed by atoms with E-state index >= 15 is 0 Å². The van der Waals surface area contributed by atoms with Crippen molar-refractivity contribution in [3.05, 3.63) is 49.0 Å². The van der Waals surface area contributed by atoms with Gasteiger partial charge < -0.3 is 10.1 Å². The second-order valence-electron chi connectivity index (χ2n) is 4.08. The number of hydrogen-bond acceptors (Lipinski definition) is 4. The van der Waals surface area contributed by atoms with Crippen molar-refractivity contribution in [3.63, 3.8) is 0 Å². The van der Waals surface area contributed by atoms with Crippen LogP contribution in [0.1, 0.15) is 17.8 Å². The van der Waals surface area contributed by atoms with Crippen LogP contribution in [-0.4, -0.2) is 12.6 Å². The molecule has 2 rings (SSSR count).